The minimum Gasteiger partial charge on any atom is -0.450 e. The number of amides is 1. The molecule has 130 valence electrons. The molecule has 6 heteroatoms. The van der Waals surface area contributed by atoms with Gasteiger partial charge in [0.1, 0.15) is 0 Å². The number of carbonyl (C=O) groups is 1. The third-order valence-corrected chi connectivity index (χ3v) is 5.89. The Morgan fingerprint density at radius 3 is 2.86 bits per heavy atom. The minimum atomic E-state index is -1.03. The molecule has 0 unspecified atom stereocenters. The predicted molar refractivity (Wildman–Crippen MR) is 92.9 cm³/mol. The molecule has 5 nitrogen and oxygen atoms in total. The molecule has 0 radical (unpaired) electrons. The average Bonchev–Trinajstić information content (AvgIpc) is 2.65. The highest BCUT2D eigenvalue weighted by Gasteiger charge is 2.20. The van der Waals surface area contributed by atoms with E-state index in [-0.39, 0.29) is 0 Å². The monoisotopic (exact) mass is 330 g/mol. The van der Waals surface area contributed by atoms with Crippen molar-refractivity contribution in [2.75, 3.05) is 26.4 Å². The van der Waals surface area contributed by atoms with Gasteiger partial charge in [-0.05, 0) is 44.2 Å². The lowest BCUT2D eigenvalue weighted by atomic mass is 9.94. The van der Waals surface area contributed by atoms with Gasteiger partial charge in [0.05, 0.1) is 6.61 Å². The maximum Gasteiger partial charge on any atom is 0.404 e. The van der Waals surface area contributed by atoms with Crippen LogP contribution in [0.3, 0.4) is 0 Å². The minimum absolute atomic E-state index is 0.377. The van der Waals surface area contributed by atoms with Crippen LogP contribution in [-0.2, 0) is 9.47 Å². The molecular weight excluding hydrogens is 296 g/mol. The second-order valence-electron chi connectivity index (χ2n) is 7.59. The zero-order valence-corrected chi connectivity index (χ0v) is 15.5. The summed E-state index contributed by atoms with van der Waals surface area (Å²) in [6.07, 6.45) is 4.90. The number of ether oxygens (including phenoxy) is 2. The van der Waals surface area contributed by atoms with Crippen molar-refractivity contribution in [1.82, 2.24) is 5.32 Å². The molecule has 0 aliphatic carbocycles. The molecule has 0 spiro atoms. The highest BCUT2D eigenvalue weighted by atomic mass is 28.3. The normalized spacial score (nSPS) is 21.1. The van der Waals surface area contributed by atoms with Crippen molar-refractivity contribution < 1.29 is 14.3 Å². The highest BCUT2D eigenvalue weighted by molar-refractivity contribution is 6.76. The molecule has 0 saturated carbocycles. The molecule has 0 aromatic carbocycles. The standard InChI is InChI=1S/C16H34N2O3Si/c1-22(2,3)11-8-18-15(7-10-21-16(17)19)12-14-6-4-5-9-20-13-14/h14-15,18H,4-13H2,1-3H3,(H2,17,19)/t14-,15-/m1/s1. The van der Waals surface area contributed by atoms with E-state index in [2.05, 4.69) is 25.0 Å². The van der Waals surface area contributed by atoms with E-state index < -0.39 is 14.2 Å². The molecule has 0 aromatic heterocycles. The van der Waals surface area contributed by atoms with Crippen molar-refractivity contribution in [1.29, 1.82) is 0 Å². The largest absolute Gasteiger partial charge is 0.450 e. The van der Waals surface area contributed by atoms with Crippen molar-refractivity contribution in [2.24, 2.45) is 11.7 Å². The number of carbonyl (C=O) groups excluding carboxylic acids is 1. The van der Waals surface area contributed by atoms with E-state index in [1.54, 1.807) is 0 Å². The van der Waals surface area contributed by atoms with Crippen LogP contribution in [0.5, 0.6) is 0 Å². The van der Waals surface area contributed by atoms with Gasteiger partial charge in [-0.25, -0.2) is 4.79 Å². The molecule has 1 saturated heterocycles. The van der Waals surface area contributed by atoms with Crippen LogP contribution in [0, 0.1) is 5.92 Å². The fraction of sp³-hybridized carbons (Fsp3) is 0.938. The van der Waals surface area contributed by atoms with Gasteiger partial charge in [0.2, 0.25) is 0 Å². The van der Waals surface area contributed by atoms with Gasteiger partial charge in [0, 0.05) is 27.3 Å². The van der Waals surface area contributed by atoms with Crippen molar-refractivity contribution in [3.63, 3.8) is 0 Å². The van der Waals surface area contributed by atoms with E-state index in [0.717, 1.165) is 32.6 Å². The van der Waals surface area contributed by atoms with Crippen LogP contribution in [0.2, 0.25) is 25.7 Å². The first-order valence-corrected chi connectivity index (χ1v) is 12.3. The molecule has 22 heavy (non-hydrogen) atoms. The molecule has 3 N–H and O–H groups in total. The van der Waals surface area contributed by atoms with Crippen molar-refractivity contribution in [3.8, 4) is 0 Å². The van der Waals surface area contributed by atoms with Gasteiger partial charge in [0.15, 0.2) is 0 Å². The van der Waals surface area contributed by atoms with Gasteiger partial charge >= 0.3 is 6.09 Å². The van der Waals surface area contributed by atoms with Gasteiger partial charge in [-0.3, -0.25) is 0 Å². The average molecular weight is 331 g/mol. The molecule has 1 aliphatic heterocycles. The third kappa shape index (κ3) is 10.2. The summed E-state index contributed by atoms with van der Waals surface area (Å²) in [5, 5.41) is 3.66. The molecule has 1 rings (SSSR count). The van der Waals surface area contributed by atoms with E-state index in [1.165, 1.54) is 25.3 Å². The van der Waals surface area contributed by atoms with Crippen LogP contribution in [0.15, 0.2) is 0 Å². The first-order valence-electron chi connectivity index (χ1n) is 8.60. The lowest BCUT2D eigenvalue weighted by molar-refractivity contribution is 0.105. The van der Waals surface area contributed by atoms with Crippen LogP contribution >= 0.6 is 0 Å². The van der Waals surface area contributed by atoms with E-state index in [0.29, 0.717) is 18.6 Å². The summed E-state index contributed by atoms with van der Waals surface area (Å²) in [7, 11) is -1.03. The van der Waals surface area contributed by atoms with Gasteiger partial charge < -0.3 is 20.5 Å². The lowest BCUT2D eigenvalue weighted by Gasteiger charge is -2.25. The van der Waals surface area contributed by atoms with Crippen LogP contribution in [0.25, 0.3) is 0 Å². The number of nitrogens with two attached hydrogens (primary N) is 1. The Morgan fingerprint density at radius 1 is 1.41 bits per heavy atom. The first kappa shape index (κ1) is 19.5. The highest BCUT2D eigenvalue weighted by Crippen LogP contribution is 2.20. The van der Waals surface area contributed by atoms with E-state index in [1.807, 2.05) is 0 Å². The molecule has 1 fully saturated rings. The van der Waals surface area contributed by atoms with Crippen LogP contribution in [0.4, 0.5) is 4.79 Å². The Kier molecular flexibility index (Phi) is 9.05. The van der Waals surface area contributed by atoms with Crippen molar-refractivity contribution >= 4 is 14.2 Å². The Bertz CT molecular complexity index is 313. The van der Waals surface area contributed by atoms with Crippen LogP contribution in [-0.4, -0.2) is 46.6 Å². The van der Waals surface area contributed by atoms with Crippen LogP contribution in [0.1, 0.15) is 32.1 Å². The number of hydrogen-bond acceptors (Lipinski definition) is 4. The predicted octanol–water partition coefficient (Wildman–Crippen LogP) is 2.98. The molecule has 0 aromatic rings. The zero-order chi connectivity index (χ0) is 16.4. The summed E-state index contributed by atoms with van der Waals surface area (Å²) in [6, 6.07) is 1.64. The second kappa shape index (κ2) is 10.2. The van der Waals surface area contributed by atoms with Gasteiger partial charge in [-0.2, -0.15) is 0 Å². The Morgan fingerprint density at radius 2 is 2.18 bits per heavy atom. The Hall–Kier alpha value is -0.593. The first-order chi connectivity index (χ1) is 10.4. The summed E-state index contributed by atoms with van der Waals surface area (Å²) in [6.45, 7) is 10.4. The number of hydrogen-bond donors (Lipinski definition) is 2. The Balaban J connectivity index is 2.39. The lowest BCUT2D eigenvalue weighted by Crippen LogP contribution is -2.37. The molecular formula is C16H34N2O3Si. The quantitative estimate of drug-likeness (QED) is 0.637. The van der Waals surface area contributed by atoms with E-state index in [9.17, 15) is 4.79 Å². The zero-order valence-electron chi connectivity index (χ0n) is 14.5. The third-order valence-electron chi connectivity index (χ3n) is 4.14. The number of nitrogens with one attached hydrogen (secondary N) is 1. The van der Waals surface area contributed by atoms with Crippen LogP contribution < -0.4 is 11.1 Å². The molecule has 1 amide bonds. The number of primary amides is 1. The summed E-state index contributed by atoms with van der Waals surface area (Å²) in [4.78, 5) is 10.7. The molecule has 1 heterocycles. The van der Waals surface area contributed by atoms with Gasteiger partial charge in [-0.1, -0.05) is 26.1 Å². The van der Waals surface area contributed by atoms with E-state index >= 15 is 0 Å². The van der Waals surface area contributed by atoms with Crippen molar-refractivity contribution in [2.45, 2.75) is 63.8 Å². The second-order valence-corrected chi connectivity index (χ2v) is 13.2. The summed E-state index contributed by atoms with van der Waals surface area (Å²) < 4.78 is 10.6. The number of rotatable bonds is 9. The smallest absolute Gasteiger partial charge is 0.404 e. The fourth-order valence-corrected chi connectivity index (χ4v) is 3.71. The topological polar surface area (TPSA) is 73.6 Å². The molecule has 0 bridgehead atoms. The van der Waals surface area contributed by atoms with Gasteiger partial charge in [-0.15, -0.1) is 0 Å². The Labute approximate surface area is 136 Å². The molecule has 1 aliphatic rings. The van der Waals surface area contributed by atoms with Gasteiger partial charge in [0.25, 0.3) is 0 Å². The van der Waals surface area contributed by atoms with E-state index in [4.69, 9.17) is 15.2 Å². The summed E-state index contributed by atoms with van der Waals surface area (Å²) >= 11 is 0. The van der Waals surface area contributed by atoms with Crippen molar-refractivity contribution in [3.05, 3.63) is 0 Å². The summed E-state index contributed by atoms with van der Waals surface area (Å²) in [5.41, 5.74) is 5.04. The maximum absolute atomic E-state index is 10.7. The fourth-order valence-electron chi connectivity index (χ4n) is 2.82. The SMILES string of the molecule is C[Si](C)(C)CCN[C@H](CCOC(N)=O)C[C@H]1CCCCOC1. The maximum atomic E-state index is 10.7. The molecule has 2 atom stereocenters. The summed E-state index contributed by atoms with van der Waals surface area (Å²) in [5.74, 6) is 0.612.